The number of anilines is 1. The molecule has 4 heterocycles. The second-order valence-electron chi connectivity index (χ2n) is 8.73. The largest absolute Gasteiger partial charge is 0.378 e. The monoisotopic (exact) mass is 455 g/mol. The predicted octanol–water partition coefficient (Wildman–Crippen LogP) is 2.99. The van der Waals surface area contributed by atoms with Gasteiger partial charge in [-0.15, -0.1) is 0 Å². The molecule has 0 saturated carbocycles. The van der Waals surface area contributed by atoms with Gasteiger partial charge in [0.05, 0.1) is 13.2 Å². The first kappa shape index (κ1) is 22.1. The average Bonchev–Trinajstić information content (AvgIpc) is 3.24. The molecule has 1 saturated heterocycles. The van der Waals surface area contributed by atoms with Gasteiger partial charge in [-0.05, 0) is 73.7 Å². The maximum atomic E-state index is 12.6. The SMILES string of the molecule is Cc1ccnc(C(=O)Nc2ccc(-c3cc4/c([nH]3)=C\CCC=N\C=4N3CCOCC3)cc2C)c1. The summed E-state index contributed by atoms with van der Waals surface area (Å²) in [7, 11) is 0. The molecule has 7 heteroatoms. The van der Waals surface area contributed by atoms with Gasteiger partial charge in [0.25, 0.3) is 5.91 Å². The van der Waals surface area contributed by atoms with E-state index in [1.165, 1.54) is 0 Å². The molecule has 2 aliphatic rings. The van der Waals surface area contributed by atoms with Crippen molar-refractivity contribution >= 4 is 29.7 Å². The number of pyridine rings is 1. The van der Waals surface area contributed by atoms with E-state index in [1.54, 1.807) is 12.3 Å². The Kier molecular flexibility index (Phi) is 6.27. The smallest absolute Gasteiger partial charge is 0.274 e. The van der Waals surface area contributed by atoms with Crippen LogP contribution < -0.4 is 15.9 Å². The van der Waals surface area contributed by atoms with Gasteiger partial charge >= 0.3 is 0 Å². The maximum Gasteiger partial charge on any atom is 0.274 e. The standard InChI is InChI=1S/C27H29N5O2/c1-18-8-10-28-25(15-18)27(33)31-22-7-6-20(16-19(22)2)24-17-21-23(30-24)5-3-4-9-29-26(21)32-11-13-34-14-12-32/h5-10,15-17,30H,3-4,11-14H2,1-2H3,(H,31,33)/b23-5+,26-21+,29-9?. The number of amides is 1. The number of aryl methyl sites for hydroxylation is 2. The van der Waals surface area contributed by atoms with Crippen molar-refractivity contribution in [3.8, 4) is 11.3 Å². The van der Waals surface area contributed by atoms with Gasteiger partial charge in [-0.25, -0.2) is 4.99 Å². The molecule has 174 valence electrons. The summed E-state index contributed by atoms with van der Waals surface area (Å²) in [6.07, 6.45) is 7.79. The molecule has 1 aromatic carbocycles. The highest BCUT2D eigenvalue weighted by Crippen LogP contribution is 2.23. The summed E-state index contributed by atoms with van der Waals surface area (Å²) in [6, 6.07) is 11.9. The highest BCUT2D eigenvalue weighted by molar-refractivity contribution is 6.03. The first-order valence-corrected chi connectivity index (χ1v) is 11.7. The van der Waals surface area contributed by atoms with Gasteiger partial charge in [0.2, 0.25) is 0 Å². The minimum Gasteiger partial charge on any atom is -0.378 e. The Morgan fingerprint density at radius 3 is 2.74 bits per heavy atom. The number of aromatic amines is 1. The fourth-order valence-electron chi connectivity index (χ4n) is 4.34. The van der Waals surface area contributed by atoms with E-state index in [9.17, 15) is 4.79 Å². The summed E-state index contributed by atoms with van der Waals surface area (Å²) in [5.41, 5.74) is 5.28. The summed E-state index contributed by atoms with van der Waals surface area (Å²) < 4.78 is 5.54. The minimum absolute atomic E-state index is 0.209. The van der Waals surface area contributed by atoms with E-state index in [0.29, 0.717) is 5.69 Å². The Bertz CT molecular complexity index is 1370. The van der Waals surface area contributed by atoms with Gasteiger partial charge in [-0.2, -0.15) is 0 Å². The number of H-pyrrole nitrogens is 1. The molecule has 1 fully saturated rings. The number of carbonyl (C=O) groups excluding carboxylic acids is 1. The molecule has 7 nitrogen and oxygen atoms in total. The Morgan fingerprint density at radius 1 is 1.09 bits per heavy atom. The molecule has 0 aliphatic carbocycles. The van der Waals surface area contributed by atoms with Crippen molar-refractivity contribution in [1.29, 1.82) is 0 Å². The Balaban J connectivity index is 1.47. The van der Waals surface area contributed by atoms with Gasteiger partial charge in [-0.3, -0.25) is 9.78 Å². The lowest BCUT2D eigenvalue weighted by atomic mass is 10.1. The van der Waals surface area contributed by atoms with Gasteiger partial charge in [0, 0.05) is 47.5 Å². The molecular formula is C27H29N5O2. The van der Waals surface area contributed by atoms with E-state index in [1.807, 2.05) is 38.3 Å². The Hall–Kier alpha value is -3.71. The van der Waals surface area contributed by atoms with E-state index in [-0.39, 0.29) is 5.91 Å². The third kappa shape index (κ3) is 4.65. The highest BCUT2D eigenvalue weighted by Gasteiger charge is 2.16. The first-order valence-electron chi connectivity index (χ1n) is 11.7. The van der Waals surface area contributed by atoms with Gasteiger partial charge < -0.3 is 19.9 Å². The molecule has 0 atom stereocenters. The summed E-state index contributed by atoms with van der Waals surface area (Å²) in [5, 5.41) is 5.21. The number of benzene rings is 1. The first-order chi connectivity index (χ1) is 16.6. The minimum atomic E-state index is -0.209. The van der Waals surface area contributed by atoms with Crippen LogP contribution in [0.4, 0.5) is 5.69 Å². The van der Waals surface area contributed by atoms with Crippen LogP contribution in [0.2, 0.25) is 0 Å². The summed E-state index contributed by atoms with van der Waals surface area (Å²) in [6.45, 7) is 7.08. The third-order valence-corrected chi connectivity index (χ3v) is 6.19. The molecule has 1 amide bonds. The van der Waals surface area contributed by atoms with Crippen LogP contribution in [-0.4, -0.2) is 53.3 Å². The number of aromatic nitrogens is 2. The average molecular weight is 456 g/mol. The van der Waals surface area contributed by atoms with Crippen molar-refractivity contribution in [1.82, 2.24) is 14.9 Å². The summed E-state index contributed by atoms with van der Waals surface area (Å²) in [5.74, 6) is 0.794. The van der Waals surface area contributed by atoms with Crippen LogP contribution in [0.1, 0.15) is 34.5 Å². The highest BCUT2D eigenvalue weighted by atomic mass is 16.5. The van der Waals surface area contributed by atoms with Crippen LogP contribution in [0, 0.1) is 13.8 Å². The number of ether oxygens (including phenoxy) is 1. The van der Waals surface area contributed by atoms with Crippen molar-refractivity contribution in [2.24, 2.45) is 4.99 Å². The maximum absolute atomic E-state index is 12.6. The molecule has 2 aliphatic heterocycles. The molecule has 5 rings (SSSR count). The number of morpholine rings is 1. The van der Waals surface area contributed by atoms with Crippen molar-refractivity contribution in [2.45, 2.75) is 26.7 Å². The second-order valence-corrected chi connectivity index (χ2v) is 8.73. The number of fused-ring (bicyclic) bond motifs is 1. The number of nitrogens with zero attached hydrogens (tertiary/aromatic N) is 3. The number of nitrogens with one attached hydrogen (secondary N) is 2. The van der Waals surface area contributed by atoms with Gasteiger partial charge in [0.15, 0.2) is 0 Å². The molecule has 3 aromatic rings. The normalized spacial score (nSPS) is 18.4. The lowest BCUT2D eigenvalue weighted by Gasteiger charge is -2.28. The van der Waals surface area contributed by atoms with E-state index in [0.717, 1.165) is 83.6 Å². The zero-order chi connectivity index (χ0) is 23.5. The van der Waals surface area contributed by atoms with E-state index >= 15 is 0 Å². The number of rotatable bonds is 4. The zero-order valence-electron chi connectivity index (χ0n) is 19.6. The molecule has 0 unspecified atom stereocenters. The fourth-order valence-corrected chi connectivity index (χ4v) is 4.34. The summed E-state index contributed by atoms with van der Waals surface area (Å²) >= 11 is 0. The van der Waals surface area contributed by atoms with Crippen LogP contribution in [-0.2, 0) is 4.74 Å². The third-order valence-electron chi connectivity index (χ3n) is 6.19. The zero-order valence-corrected chi connectivity index (χ0v) is 19.6. The lowest BCUT2D eigenvalue weighted by Crippen LogP contribution is -2.39. The molecule has 0 radical (unpaired) electrons. The quantitative estimate of drug-likeness (QED) is 0.634. The summed E-state index contributed by atoms with van der Waals surface area (Å²) in [4.78, 5) is 27.6. The van der Waals surface area contributed by atoms with Crippen molar-refractivity contribution < 1.29 is 9.53 Å². The molecule has 2 N–H and O–H groups in total. The van der Waals surface area contributed by atoms with Crippen molar-refractivity contribution in [2.75, 3.05) is 31.6 Å². The van der Waals surface area contributed by atoms with E-state index in [2.05, 4.69) is 38.4 Å². The Labute approximate surface area is 198 Å². The van der Waals surface area contributed by atoms with Crippen LogP contribution in [0.5, 0.6) is 0 Å². The van der Waals surface area contributed by atoms with Gasteiger partial charge in [0.1, 0.15) is 11.5 Å². The predicted molar refractivity (Wildman–Crippen MR) is 135 cm³/mol. The number of hydrogen-bond acceptors (Lipinski definition) is 5. The number of carbonyl (C=O) groups is 1. The Morgan fingerprint density at radius 2 is 1.94 bits per heavy atom. The topological polar surface area (TPSA) is 82.6 Å². The molecule has 34 heavy (non-hydrogen) atoms. The van der Waals surface area contributed by atoms with Crippen LogP contribution in [0.15, 0.2) is 47.6 Å². The fraction of sp³-hybridized carbons (Fsp3) is 0.296. The molecular weight excluding hydrogens is 426 g/mol. The molecule has 2 aromatic heterocycles. The van der Waals surface area contributed by atoms with E-state index in [4.69, 9.17) is 9.73 Å². The van der Waals surface area contributed by atoms with Crippen LogP contribution >= 0.6 is 0 Å². The number of hydrogen-bond donors (Lipinski definition) is 2. The van der Waals surface area contributed by atoms with Crippen molar-refractivity contribution in [3.63, 3.8) is 0 Å². The van der Waals surface area contributed by atoms with Crippen LogP contribution in [0.3, 0.4) is 0 Å². The molecule has 0 spiro atoms. The molecule has 0 bridgehead atoms. The lowest BCUT2D eigenvalue weighted by molar-refractivity contribution is 0.0627. The second kappa shape index (κ2) is 9.65. The number of aliphatic imine (C=N–C) groups is 1. The van der Waals surface area contributed by atoms with Gasteiger partial charge in [-0.1, -0.05) is 12.1 Å². The van der Waals surface area contributed by atoms with Crippen molar-refractivity contribution in [3.05, 3.63) is 70.0 Å². The van der Waals surface area contributed by atoms with Crippen LogP contribution in [0.25, 0.3) is 23.2 Å². The van der Waals surface area contributed by atoms with E-state index < -0.39 is 0 Å².